The molecule has 0 radical (unpaired) electrons. The van der Waals surface area contributed by atoms with Crippen LogP contribution in [0.15, 0.2) is 42.5 Å². The molecule has 0 unspecified atom stereocenters. The van der Waals surface area contributed by atoms with Gasteiger partial charge in [0.25, 0.3) is 5.69 Å². The number of carbonyl (C=O) groups excluding carboxylic acids is 1. The highest BCUT2D eigenvalue weighted by Crippen LogP contribution is 2.29. The summed E-state index contributed by atoms with van der Waals surface area (Å²) in [4.78, 5) is 22.8. The maximum absolute atomic E-state index is 12.4. The van der Waals surface area contributed by atoms with Crippen LogP contribution >= 0.6 is 0 Å². The summed E-state index contributed by atoms with van der Waals surface area (Å²) < 4.78 is 10.3. The smallest absolute Gasteiger partial charge is 0.271 e. The molecule has 8 heteroatoms. The number of hydrogen-bond acceptors (Lipinski definition) is 6. The zero-order valence-electron chi connectivity index (χ0n) is 14.1. The van der Waals surface area contributed by atoms with E-state index in [1.54, 1.807) is 38.3 Å². The Hall–Kier alpha value is -3.29. The van der Waals surface area contributed by atoms with Crippen molar-refractivity contribution in [3.05, 3.63) is 52.6 Å². The Morgan fingerprint density at radius 1 is 1.16 bits per heavy atom. The van der Waals surface area contributed by atoms with E-state index in [-0.39, 0.29) is 17.3 Å². The van der Waals surface area contributed by atoms with Gasteiger partial charge in [0.1, 0.15) is 17.5 Å². The second kappa shape index (κ2) is 8.00. The van der Waals surface area contributed by atoms with E-state index in [9.17, 15) is 14.9 Å². The second-order valence-corrected chi connectivity index (χ2v) is 5.23. The Morgan fingerprint density at radius 2 is 1.92 bits per heavy atom. The molecule has 1 atom stereocenters. The van der Waals surface area contributed by atoms with Gasteiger partial charge >= 0.3 is 0 Å². The topological polar surface area (TPSA) is 103 Å². The Labute approximate surface area is 144 Å². The summed E-state index contributed by atoms with van der Waals surface area (Å²) in [7, 11) is 2.98. The number of amides is 1. The van der Waals surface area contributed by atoms with Crippen LogP contribution in [0.3, 0.4) is 0 Å². The molecule has 0 aliphatic rings. The van der Waals surface area contributed by atoms with Crippen molar-refractivity contribution in [2.45, 2.75) is 13.0 Å². The zero-order valence-corrected chi connectivity index (χ0v) is 14.1. The highest BCUT2D eigenvalue weighted by molar-refractivity contribution is 5.97. The first-order valence-electron chi connectivity index (χ1n) is 7.48. The lowest BCUT2D eigenvalue weighted by Gasteiger charge is -2.17. The second-order valence-electron chi connectivity index (χ2n) is 5.23. The van der Waals surface area contributed by atoms with Crippen LogP contribution in [0.5, 0.6) is 11.5 Å². The van der Waals surface area contributed by atoms with Crippen LogP contribution in [0.1, 0.15) is 6.92 Å². The summed E-state index contributed by atoms with van der Waals surface area (Å²) in [6.07, 6.45) is 0. The van der Waals surface area contributed by atoms with Gasteiger partial charge in [0.15, 0.2) is 0 Å². The maximum Gasteiger partial charge on any atom is 0.271 e. The van der Waals surface area contributed by atoms with Gasteiger partial charge in [-0.25, -0.2) is 0 Å². The van der Waals surface area contributed by atoms with E-state index in [0.717, 1.165) is 0 Å². The number of methoxy groups -OCH3 is 2. The van der Waals surface area contributed by atoms with Crippen molar-refractivity contribution in [1.82, 2.24) is 0 Å². The molecule has 2 N–H and O–H groups in total. The summed E-state index contributed by atoms with van der Waals surface area (Å²) in [5.41, 5.74) is 0.818. The van der Waals surface area contributed by atoms with E-state index >= 15 is 0 Å². The number of non-ortho nitro benzene ring substituents is 1. The highest BCUT2D eigenvalue weighted by Gasteiger charge is 2.17. The van der Waals surface area contributed by atoms with Crippen molar-refractivity contribution in [2.75, 3.05) is 24.9 Å². The van der Waals surface area contributed by atoms with Gasteiger partial charge in [0.2, 0.25) is 5.91 Å². The van der Waals surface area contributed by atoms with Gasteiger partial charge in [0.05, 0.1) is 24.8 Å². The van der Waals surface area contributed by atoms with Gasteiger partial charge in [-0.15, -0.1) is 0 Å². The minimum atomic E-state index is -0.587. The fourth-order valence-electron chi connectivity index (χ4n) is 2.18. The predicted molar refractivity (Wildman–Crippen MR) is 94.4 cm³/mol. The van der Waals surface area contributed by atoms with Gasteiger partial charge < -0.3 is 20.1 Å². The van der Waals surface area contributed by atoms with Crippen LogP contribution in [0.25, 0.3) is 0 Å². The molecule has 0 fully saturated rings. The van der Waals surface area contributed by atoms with Crippen LogP contribution in [-0.4, -0.2) is 31.1 Å². The molecular formula is C17H19N3O5. The maximum atomic E-state index is 12.4. The summed E-state index contributed by atoms with van der Waals surface area (Å²) >= 11 is 0. The van der Waals surface area contributed by atoms with Crippen molar-refractivity contribution in [3.63, 3.8) is 0 Å². The molecule has 0 saturated heterocycles. The van der Waals surface area contributed by atoms with Crippen molar-refractivity contribution < 1.29 is 19.2 Å². The van der Waals surface area contributed by atoms with Crippen LogP contribution in [0, 0.1) is 10.1 Å². The van der Waals surface area contributed by atoms with E-state index in [2.05, 4.69) is 10.6 Å². The molecule has 25 heavy (non-hydrogen) atoms. The van der Waals surface area contributed by atoms with Crippen LogP contribution in [-0.2, 0) is 4.79 Å². The number of carbonyl (C=O) groups is 1. The van der Waals surface area contributed by atoms with Gasteiger partial charge in [-0.2, -0.15) is 0 Å². The number of nitro benzene ring substituents is 1. The molecule has 0 heterocycles. The molecule has 2 aromatic carbocycles. The third kappa shape index (κ3) is 4.60. The number of hydrogen-bond donors (Lipinski definition) is 2. The molecule has 1 amide bonds. The minimum Gasteiger partial charge on any atom is -0.497 e. The number of rotatable bonds is 7. The Balaban J connectivity index is 2.12. The molecule has 0 aromatic heterocycles. The first-order chi connectivity index (χ1) is 11.9. The van der Waals surface area contributed by atoms with E-state index in [4.69, 9.17) is 9.47 Å². The molecular weight excluding hydrogens is 326 g/mol. The van der Waals surface area contributed by atoms with Gasteiger partial charge in [0, 0.05) is 23.9 Å². The van der Waals surface area contributed by atoms with Gasteiger partial charge in [-0.05, 0) is 25.1 Å². The lowest BCUT2D eigenvalue weighted by molar-refractivity contribution is -0.384. The Kier molecular flexibility index (Phi) is 5.78. The first-order valence-corrected chi connectivity index (χ1v) is 7.48. The lowest BCUT2D eigenvalue weighted by atomic mass is 10.2. The van der Waals surface area contributed by atoms with Crippen molar-refractivity contribution in [1.29, 1.82) is 0 Å². The number of nitro groups is 1. The normalized spacial score (nSPS) is 11.3. The standard InChI is InChI=1S/C17H19N3O5/c1-11(18-12-5-4-6-14(9-12)24-2)17(21)19-15-10-13(20(22)23)7-8-16(15)25-3/h4-11,18H,1-3H3,(H,19,21)/t11-/m1/s1. The number of benzene rings is 2. The fraction of sp³-hybridized carbons (Fsp3) is 0.235. The summed E-state index contributed by atoms with van der Waals surface area (Å²) in [6.45, 7) is 1.68. The molecule has 2 rings (SSSR count). The van der Waals surface area contributed by atoms with Crippen molar-refractivity contribution in [2.24, 2.45) is 0 Å². The van der Waals surface area contributed by atoms with Crippen LogP contribution < -0.4 is 20.1 Å². The Morgan fingerprint density at radius 3 is 2.56 bits per heavy atom. The monoisotopic (exact) mass is 345 g/mol. The van der Waals surface area contributed by atoms with Crippen molar-refractivity contribution in [3.8, 4) is 11.5 Å². The zero-order chi connectivity index (χ0) is 18.4. The summed E-state index contributed by atoms with van der Waals surface area (Å²) in [5.74, 6) is 0.645. The molecule has 0 bridgehead atoms. The predicted octanol–water partition coefficient (Wildman–Crippen LogP) is 3.05. The van der Waals surface area contributed by atoms with E-state index < -0.39 is 11.0 Å². The summed E-state index contributed by atoms with van der Waals surface area (Å²) in [6, 6.07) is 10.6. The molecule has 0 aliphatic heterocycles. The van der Waals surface area contributed by atoms with Crippen molar-refractivity contribution >= 4 is 23.0 Å². The summed E-state index contributed by atoms with van der Waals surface area (Å²) in [5, 5.41) is 16.6. The lowest BCUT2D eigenvalue weighted by Crippen LogP contribution is -2.32. The third-order valence-corrected chi connectivity index (χ3v) is 3.50. The number of nitrogens with one attached hydrogen (secondary N) is 2. The molecule has 132 valence electrons. The molecule has 8 nitrogen and oxygen atoms in total. The average Bonchev–Trinajstić information content (AvgIpc) is 2.61. The largest absolute Gasteiger partial charge is 0.497 e. The third-order valence-electron chi connectivity index (χ3n) is 3.50. The molecule has 2 aromatic rings. The highest BCUT2D eigenvalue weighted by atomic mass is 16.6. The van der Waals surface area contributed by atoms with Gasteiger partial charge in [-0.1, -0.05) is 6.07 Å². The van der Waals surface area contributed by atoms with E-state index in [0.29, 0.717) is 17.2 Å². The van der Waals surface area contributed by atoms with E-state index in [1.807, 2.05) is 0 Å². The molecule has 0 spiro atoms. The van der Waals surface area contributed by atoms with Crippen LogP contribution in [0.2, 0.25) is 0 Å². The quantitative estimate of drug-likeness (QED) is 0.590. The molecule has 0 saturated carbocycles. The van der Waals surface area contributed by atoms with Crippen LogP contribution in [0.4, 0.5) is 17.1 Å². The Bertz CT molecular complexity index is 779. The number of anilines is 2. The van der Waals surface area contributed by atoms with E-state index in [1.165, 1.54) is 25.3 Å². The first kappa shape index (κ1) is 18.1. The fourth-order valence-corrected chi connectivity index (χ4v) is 2.18. The average molecular weight is 345 g/mol. The number of ether oxygens (including phenoxy) is 2. The molecule has 0 aliphatic carbocycles. The number of nitrogens with zero attached hydrogens (tertiary/aromatic N) is 1. The SMILES string of the molecule is COc1cccc(N[C@H](C)C(=O)Nc2cc([N+](=O)[O-])ccc2OC)c1. The minimum absolute atomic E-state index is 0.135. The van der Waals surface area contributed by atoms with Gasteiger partial charge in [-0.3, -0.25) is 14.9 Å².